The van der Waals surface area contributed by atoms with E-state index in [1.807, 2.05) is 0 Å². The van der Waals surface area contributed by atoms with Gasteiger partial charge >= 0.3 is 0 Å². The summed E-state index contributed by atoms with van der Waals surface area (Å²) in [6.45, 7) is 2.10. The first kappa shape index (κ1) is 16.6. The number of aromatic nitrogens is 2. The Balaban J connectivity index is 2.01. The van der Waals surface area contributed by atoms with Crippen LogP contribution in [-0.2, 0) is 6.54 Å². The van der Waals surface area contributed by atoms with E-state index in [2.05, 4.69) is 15.3 Å². The van der Waals surface area contributed by atoms with E-state index in [1.165, 1.54) is 19.2 Å². The number of rotatable bonds is 5. The zero-order valence-corrected chi connectivity index (χ0v) is 13.8. The van der Waals surface area contributed by atoms with E-state index < -0.39 is 5.82 Å². The van der Waals surface area contributed by atoms with E-state index in [9.17, 15) is 9.18 Å². The van der Waals surface area contributed by atoms with Crippen LogP contribution in [0.1, 0.15) is 21.7 Å². The molecule has 0 aliphatic rings. The van der Waals surface area contributed by atoms with Gasteiger partial charge in [-0.15, -0.1) is 0 Å². The second kappa shape index (κ2) is 6.72. The predicted octanol–water partition coefficient (Wildman–Crippen LogP) is 3.09. The molecule has 6 nitrogen and oxygen atoms in total. The summed E-state index contributed by atoms with van der Waals surface area (Å²) in [5.41, 5.74) is 7.76. The Morgan fingerprint density at radius 2 is 2.04 bits per heavy atom. The average molecular weight is 340 g/mol. The van der Waals surface area contributed by atoms with Gasteiger partial charge in [-0.2, -0.15) is 0 Å². The van der Waals surface area contributed by atoms with Crippen LogP contribution >= 0.6 is 0 Å². The SMILES string of the molecule is COc1cc2c(NCc3cc(N)cc(F)c3)nc(C)nc2cc1C=O. The number of carbonyl (C=O) groups is 1. The number of benzene rings is 2. The number of ether oxygens (including phenoxy) is 1. The highest BCUT2D eigenvalue weighted by Gasteiger charge is 2.11. The number of carbonyl (C=O) groups excluding carboxylic acids is 1. The van der Waals surface area contributed by atoms with Crippen LogP contribution in [0.15, 0.2) is 30.3 Å². The molecule has 0 bridgehead atoms. The molecule has 2 aromatic carbocycles. The third kappa shape index (κ3) is 3.50. The van der Waals surface area contributed by atoms with E-state index in [1.54, 1.807) is 25.1 Å². The van der Waals surface area contributed by atoms with Crippen LogP contribution in [0, 0.1) is 12.7 Å². The van der Waals surface area contributed by atoms with Crippen molar-refractivity contribution in [2.24, 2.45) is 0 Å². The molecule has 25 heavy (non-hydrogen) atoms. The zero-order valence-electron chi connectivity index (χ0n) is 13.8. The van der Waals surface area contributed by atoms with Crippen LogP contribution in [0.3, 0.4) is 0 Å². The number of aryl methyl sites for hydroxylation is 1. The Kier molecular flexibility index (Phi) is 4.47. The first-order chi connectivity index (χ1) is 12.0. The molecule has 0 amide bonds. The molecule has 3 rings (SSSR count). The van der Waals surface area contributed by atoms with Gasteiger partial charge in [0.2, 0.25) is 0 Å². The fourth-order valence-corrected chi connectivity index (χ4v) is 2.65. The molecule has 3 aromatic rings. The molecule has 0 radical (unpaired) electrons. The van der Waals surface area contributed by atoms with Gasteiger partial charge in [-0.05, 0) is 42.8 Å². The summed E-state index contributed by atoms with van der Waals surface area (Å²) in [7, 11) is 1.49. The van der Waals surface area contributed by atoms with Crippen molar-refractivity contribution >= 4 is 28.7 Å². The van der Waals surface area contributed by atoms with Crippen molar-refractivity contribution in [1.82, 2.24) is 9.97 Å². The standard InChI is InChI=1S/C18H17FN4O2/c1-10-22-16-5-12(9-24)17(25-2)7-15(16)18(23-10)21-8-11-3-13(19)6-14(20)4-11/h3-7,9H,8,20H2,1-2H3,(H,21,22,23). The monoisotopic (exact) mass is 340 g/mol. The summed E-state index contributed by atoms with van der Waals surface area (Å²) >= 11 is 0. The number of nitrogens with one attached hydrogen (secondary N) is 1. The van der Waals surface area contributed by atoms with Gasteiger partial charge in [0.25, 0.3) is 0 Å². The number of nitrogens with two attached hydrogens (primary N) is 1. The molecule has 7 heteroatoms. The number of halogens is 1. The number of anilines is 2. The highest BCUT2D eigenvalue weighted by molar-refractivity contribution is 5.95. The molecule has 1 aromatic heterocycles. The second-order valence-corrected chi connectivity index (χ2v) is 5.59. The van der Waals surface area contributed by atoms with Gasteiger partial charge in [-0.3, -0.25) is 4.79 Å². The maximum atomic E-state index is 13.5. The van der Waals surface area contributed by atoms with Crippen LogP contribution in [0.2, 0.25) is 0 Å². The van der Waals surface area contributed by atoms with Crippen molar-refractivity contribution in [3.63, 3.8) is 0 Å². The van der Waals surface area contributed by atoms with Gasteiger partial charge in [-0.1, -0.05) is 0 Å². The van der Waals surface area contributed by atoms with Crippen molar-refractivity contribution in [3.8, 4) is 5.75 Å². The quantitative estimate of drug-likeness (QED) is 0.548. The van der Waals surface area contributed by atoms with Crippen LogP contribution in [0.5, 0.6) is 5.75 Å². The van der Waals surface area contributed by atoms with Crippen molar-refractivity contribution in [2.75, 3.05) is 18.2 Å². The van der Waals surface area contributed by atoms with Crippen LogP contribution < -0.4 is 15.8 Å². The molecule has 0 saturated heterocycles. The molecular weight excluding hydrogens is 323 g/mol. The molecule has 0 atom stereocenters. The molecule has 0 aliphatic heterocycles. The molecule has 0 fully saturated rings. The van der Waals surface area contributed by atoms with E-state index in [0.29, 0.717) is 51.7 Å². The van der Waals surface area contributed by atoms with Crippen LogP contribution in [0.25, 0.3) is 10.9 Å². The minimum atomic E-state index is -0.391. The molecule has 0 spiro atoms. The van der Waals surface area contributed by atoms with Crippen molar-refractivity contribution in [3.05, 3.63) is 53.1 Å². The Morgan fingerprint density at radius 1 is 1.24 bits per heavy atom. The van der Waals surface area contributed by atoms with E-state index in [0.717, 1.165) is 6.29 Å². The van der Waals surface area contributed by atoms with Gasteiger partial charge in [-0.25, -0.2) is 14.4 Å². The third-order valence-corrected chi connectivity index (χ3v) is 3.73. The van der Waals surface area contributed by atoms with Gasteiger partial charge in [0.05, 0.1) is 18.2 Å². The third-order valence-electron chi connectivity index (χ3n) is 3.73. The van der Waals surface area contributed by atoms with Crippen molar-refractivity contribution in [1.29, 1.82) is 0 Å². The molecule has 3 N–H and O–H groups in total. The lowest BCUT2D eigenvalue weighted by Gasteiger charge is -2.12. The zero-order chi connectivity index (χ0) is 18.0. The average Bonchev–Trinajstić information content (AvgIpc) is 2.57. The minimum Gasteiger partial charge on any atom is -0.496 e. The van der Waals surface area contributed by atoms with Crippen molar-refractivity contribution < 1.29 is 13.9 Å². The van der Waals surface area contributed by atoms with Gasteiger partial charge < -0.3 is 15.8 Å². The first-order valence-electron chi connectivity index (χ1n) is 7.60. The number of hydrogen-bond acceptors (Lipinski definition) is 6. The summed E-state index contributed by atoms with van der Waals surface area (Å²) in [6.07, 6.45) is 0.721. The van der Waals surface area contributed by atoms with Crippen LogP contribution in [0.4, 0.5) is 15.9 Å². The highest BCUT2D eigenvalue weighted by Crippen LogP contribution is 2.28. The van der Waals surface area contributed by atoms with E-state index in [-0.39, 0.29) is 0 Å². The fourth-order valence-electron chi connectivity index (χ4n) is 2.65. The lowest BCUT2D eigenvalue weighted by Crippen LogP contribution is -2.05. The summed E-state index contributed by atoms with van der Waals surface area (Å²) in [5.74, 6) is 1.17. The van der Waals surface area contributed by atoms with E-state index in [4.69, 9.17) is 10.5 Å². The number of methoxy groups -OCH3 is 1. The number of nitrogens with zero attached hydrogens (tertiary/aromatic N) is 2. The number of aldehydes is 1. The minimum absolute atomic E-state index is 0.339. The fraction of sp³-hybridized carbons (Fsp3) is 0.167. The maximum absolute atomic E-state index is 13.5. The van der Waals surface area contributed by atoms with Crippen LogP contribution in [-0.4, -0.2) is 23.4 Å². The molecular formula is C18H17FN4O2. The Labute approximate surface area is 143 Å². The number of nitrogen functional groups attached to an aromatic ring is 1. The highest BCUT2D eigenvalue weighted by atomic mass is 19.1. The Bertz CT molecular complexity index is 939. The Hall–Kier alpha value is -3.22. The molecule has 0 saturated carbocycles. The molecule has 1 heterocycles. The number of fused-ring (bicyclic) bond motifs is 1. The summed E-state index contributed by atoms with van der Waals surface area (Å²) in [4.78, 5) is 19.9. The first-order valence-corrected chi connectivity index (χ1v) is 7.60. The second-order valence-electron chi connectivity index (χ2n) is 5.59. The molecule has 0 aliphatic carbocycles. The lowest BCUT2D eigenvalue weighted by atomic mass is 10.1. The molecule has 0 unspecified atom stereocenters. The smallest absolute Gasteiger partial charge is 0.153 e. The Morgan fingerprint density at radius 3 is 2.72 bits per heavy atom. The normalized spacial score (nSPS) is 10.7. The lowest BCUT2D eigenvalue weighted by molar-refractivity contribution is 0.112. The maximum Gasteiger partial charge on any atom is 0.153 e. The summed E-state index contributed by atoms with van der Waals surface area (Å²) in [6, 6.07) is 7.73. The van der Waals surface area contributed by atoms with Crippen molar-refractivity contribution in [2.45, 2.75) is 13.5 Å². The summed E-state index contributed by atoms with van der Waals surface area (Å²) < 4.78 is 18.7. The molecule has 128 valence electrons. The topological polar surface area (TPSA) is 90.1 Å². The number of hydrogen-bond donors (Lipinski definition) is 2. The largest absolute Gasteiger partial charge is 0.496 e. The predicted molar refractivity (Wildman–Crippen MR) is 94.4 cm³/mol. The van der Waals surface area contributed by atoms with Gasteiger partial charge in [0, 0.05) is 17.6 Å². The van der Waals surface area contributed by atoms with Gasteiger partial charge in [0.15, 0.2) is 6.29 Å². The summed E-state index contributed by atoms with van der Waals surface area (Å²) in [5, 5.41) is 3.88. The van der Waals surface area contributed by atoms with E-state index >= 15 is 0 Å². The van der Waals surface area contributed by atoms with Gasteiger partial charge in [0.1, 0.15) is 23.2 Å².